The Morgan fingerprint density at radius 3 is 2.81 bits per heavy atom. The van der Waals surface area contributed by atoms with Gasteiger partial charge in [-0.15, -0.1) is 5.10 Å². The fourth-order valence-electron chi connectivity index (χ4n) is 1.68. The van der Waals surface area contributed by atoms with Gasteiger partial charge >= 0.3 is 0 Å². The number of hydrogen-bond acceptors (Lipinski definition) is 3. The normalized spacial score (nSPS) is 15.3. The summed E-state index contributed by atoms with van der Waals surface area (Å²) >= 11 is 0. The first kappa shape index (κ1) is 9.51. The third kappa shape index (κ3) is 1.71. The average Bonchev–Trinajstić information content (AvgIpc) is 3.08. The van der Waals surface area contributed by atoms with E-state index < -0.39 is 0 Å². The number of pyridine rings is 1. The minimum absolute atomic E-state index is 0.594. The van der Waals surface area contributed by atoms with Crippen LogP contribution in [0.4, 0.5) is 0 Å². The second-order valence-corrected chi connectivity index (χ2v) is 4.20. The fraction of sp³-hybridized carbons (Fsp3) is 0.417. The molecule has 0 bridgehead atoms. The third-order valence-electron chi connectivity index (χ3n) is 2.90. The highest BCUT2D eigenvalue weighted by atomic mass is 15.4. The van der Waals surface area contributed by atoms with Crippen molar-refractivity contribution in [3.8, 4) is 5.82 Å². The molecule has 0 saturated heterocycles. The highest BCUT2D eigenvalue weighted by Gasteiger charge is 2.27. The first-order chi connectivity index (χ1) is 7.86. The predicted molar refractivity (Wildman–Crippen MR) is 60.5 cm³/mol. The van der Waals surface area contributed by atoms with Gasteiger partial charge in [0.05, 0.1) is 0 Å². The molecule has 1 saturated carbocycles. The van der Waals surface area contributed by atoms with E-state index in [2.05, 4.69) is 28.1 Å². The first-order valence-electron chi connectivity index (χ1n) is 5.73. The van der Waals surface area contributed by atoms with Crippen LogP contribution in [0.3, 0.4) is 0 Å². The van der Waals surface area contributed by atoms with Crippen LogP contribution in [-0.2, 0) is 6.42 Å². The molecule has 4 heteroatoms. The van der Waals surface area contributed by atoms with Crippen molar-refractivity contribution in [3.63, 3.8) is 0 Å². The van der Waals surface area contributed by atoms with Crippen molar-refractivity contribution in [3.05, 3.63) is 36.0 Å². The van der Waals surface area contributed by atoms with Crippen LogP contribution < -0.4 is 0 Å². The van der Waals surface area contributed by atoms with Crippen molar-refractivity contribution < 1.29 is 0 Å². The van der Waals surface area contributed by atoms with E-state index in [4.69, 9.17) is 0 Å². The van der Waals surface area contributed by atoms with E-state index in [1.165, 1.54) is 18.4 Å². The lowest BCUT2D eigenvalue weighted by Gasteiger charge is -2.00. The van der Waals surface area contributed by atoms with Gasteiger partial charge < -0.3 is 0 Å². The third-order valence-corrected chi connectivity index (χ3v) is 2.90. The molecular weight excluding hydrogens is 200 g/mol. The van der Waals surface area contributed by atoms with Crippen LogP contribution in [-0.4, -0.2) is 19.7 Å². The van der Waals surface area contributed by atoms with E-state index in [9.17, 15) is 0 Å². The van der Waals surface area contributed by atoms with Crippen LogP contribution in [0.25, 0.3) is 5.82 Å². The molecule has 2 aromatic rings. The Hall–Kier alpha value is -1.71. The maximum Gasteiger partial charge on any atom is 0.155 e. The van der Waals surface area contributed by atoms with Crippen molar-refractivity contribution in [2.24, 2.45) is 0 Å². The summed E-state index contributed by atoms with van der Waals surface area (Å²) in [5.41, 5.74) is 1.24. The van der Waals surface area contributed by atoms with E-state index in [-0.39, 0.29) is 0 Å². The molecular formula is C12H14N4. The van der Waals surface area contributed by atoms with Crippen LogP contribution in [0.2, 0.25) is 0 Å². The summed E-state index contributed by atoms with van der Waals surface area (Å²) in [5.74, 6) is 2.40. The van der Waals surface area contributed by atoms with E-state index in [1.54, 1.807) is 11.0 Å². The second kappa shape index (κ2) is 3.70. The molecule has 2 heterocycles. The summed E-state index contributed by atoms with van der Waals surface area (Å²) in [6, 6.07) is 4.07. The summed E-state index contributed by atoms with van der Waals surface area (Å²) in [6.45, 7) is 2.12. The quantitative estimate of drug-likeness (QED) is 0.785. The molecule has 82 valence electrons. The summed E-state index contributed by atoms with van der Waals surface area (Å²) in [4.78, 5) is 8.68. The van der Waals surface area contributed by atoms with Crippen molar-refractivity contribution in [1.29, 1.82) is 0 Å². The Bertz CT molecular complexity index is 482. The lowest BCUT2D eigenvalue weighted by atomic mass is 10.2. The molecule has 0 atom stereocenters. The van der Waals surface area contributed by atoms with E-state index in [0.717, 1.165) is 18.1 Å². The van der Waals surface area contributed by atoms with Gasteiger partial charge in [-0.3, -0.25) is 0 Å². The monoisotopic (exact) mass is 214 g/mol. The Kier molecular flexibility index (Phi) is 2.20. The SMILES string of the molecule is CCc1ccc(-n2cnc(C3CC3)n2)nc1. The molecule has 1 aliphatic carbocycles. The molecule has 16 heavy (non-hydrogen) atoms. The Morgan fingerprint density at radius 2 is 2.19 bits per heavy atom. The van der Waals surface area contributed by atoms with Crippen LogP contribution >= 0.6 is 0 Å². The fourth-order valence-corrected chi connectivity index (χ4v) is 1.68. The minimum atomic E-state index is 0.594. The Labute approximate surface area is 94.4 Å². The lowest BCUT2D eigenvalue weighted by molar-refractivity contribution is 0.809. The molecule has 0 radical (unpaired) electrons. The number of nitrogens with zero attached hydrogens (tertiary/aromatic N) is 4. The van der Waals surface area contributed by atoms with Gasteiger partial charge in [0.25, 0.3) is 0 Å². The molecule has 3 rings (SSSR count). The summed E-state index contributed by atoms with van der Waals surface area (Å²) in [6.07, 6.45) is 7.12. The van der Waals surface area contributed by atoms with E-state index in [1.807, 2.05) is 12.3 Å². The Balaban J connectivity index is 1.88. The smallest absolute Gasteiger partial charge is 0.155 e. The molecule has 0 spiro atoms. The van der Waals surface area contributed by atoms with Crippen molar-refractivity contribution in [2.75, 3.05) is 0 Å². The standard InChI is InChI=1S/C12H14N4/c1-2-9-3-6-11(13-7-9)16-8-14-12(15-16)10-4-5-10/h3,6-8,10H,2,4-5H2,1H3. The van der Waals surface area contributed by atoms with Gasteiger partial charge in [-0.2, -0.15) is 0 Å². The van der Waals surface area contributed by atoms with Crippen LogP contribution in [0.1, 0.15) is 37.1 Å². The molecule has 1 aliphatic rings. The molecule has 0 aromatic carbocycles. The molecule has 1 fully saturated rings. The van der Waals surface area contributed by atoms with Crippen molar-refractivity contribution >= 4 is 0 Å². The van der Waals surface area contributed by atoms with Crippen LogP contribution in [0, 0.1) is 0 Å². The maximum atomic E-state index is 4.44. The van der Waals surface area contributed by atoms with Gasteiger partial charge in [-0.05, 0) is 30.9 Å². The Morgan fingerprint density at radius 1 is 1.31 bits per heavy atom. The minimum Gasteiger partial charge on any atom is -0.237 e. The largest absolute Gasteiger partial charge is 0.237 e. The van der Waals surface area contributed by atoms with Gasteiger partial charge in [0.15, 0.2) is 11.6 Å². The van der Waals surface area contributed by atoms with E-state index in [0.29, 0.717) is 5.92 Å². The number of aromatic nitrogens is 4. The highest BCUT2D eigenvalue weighted by Crippen LogP contribution is 2.37. The second-order valence-electron chi connectivity index (χ2n) is 4.20. The number of rotatable bonds is 3. The molecule has 0 aliphatic heterocycles. The zero-order valence-electron chi connectivity index (χ0n) is 9.30. The van der Waals surface area contributed by atoms with E-state index >= 15 is 0 Å². The van der Waals surface area contributed by atoms with Crippen molar-refractivity contribution in [2.45, 2.75) is 32.1 Å². The van der Waals surface area contributed by atoms with Gasteiger partial charge in [0, 0.05) is 12.1 Å². The summed E-state index contributed by atoms with van der Waals surface area (Å²) in [7, 11) is 0. The molecule has 0 amide bonds. The topological polar surface area (TPSA) is 43.6 Å². The number of aryl methyl sites for hydroxylation is 1. The molecule has 0 N–H and O–H groups in total. The molecule has 4 nitrogen and oxygen atoms in total. The average molecular weight is 214 g/mol. The zero-order valence-corrected chi connectivity index (χ0v) is 9.30. The van der Waals surface area contributed by atoms with Gasteiger partial charge in [-0.25, -0.2) is 14.6 Å². The van der Waals surface area contributed by atoms with Crippen molar-refractivity contribution in [1.82, 2.24) is 19.7 Å². The van der Waals surface area contributed by atoms with Gasteiger partial charge in [-0.1, -0.05) is 13.0 Å². The summed E-state index contributed by atoms with van der Waals surface area (Å²) < 4.78 is 1.76. The number of hydrogen-bond donors (Lipinski definition) is 0. The predicted octanol–water partition coefficient (Wildman–Crippen LogP) is 2.10. The summed E-state index contributed by atoms with van der Waals surface area (Å²) in [5, 5.41) is 4.44. The first-order valence-corrected chi connectivity index (χ1v) is 5.73. The highest BCUT2D eigenvalue weighted by molar-refractivity contribution is 5.24. The maximum absolute atomic E-state index is 4.44. The van der Waals surface area contributed by atoms with Crippen LogP contribution in [0.15, 0.2) is 24.7 Å². The van der Waals surface area contributed by atoms with Crippen LogP contribution in [0.5, 0.6) is 0 Å². The zero-order chi connectivity index (χ0) is 11.0. The lowest BCUT2D eigenvalue weighted by Crippen LogP contribution is -1.99. The van der Waals surface area contributed by atoms with Gasteiger partial charge in [0.2, 0.25) is 0 Å². The van der Waals surface area contributed by atoms with Gasteiger partial charge in [0.1, 0.15) is 6.33 Å². The molecule has 0 unspecified atom stereocenters. The molecule has 2 aromatic heterocycles.